The average Bonchev–Trinajstić information content (AvgIpc) is 2.20. The van der Waals surface area contributed by atoms with Gasteiger partial charge in [0.05, 0.1) is 13.2 Å². The number of hydrogen-bond acceptors (Lipinski definition) is 2. The van der Waals surface area contributed by atoms with E-state index in [0.717, 1.165) is 16.5 Å². The van der Waals surface area contributed by atoms with E-state index in [0.29, 0.717) is 13.2 Å². The Morgan fingerprint density at radius 3 is 2.67 bits per heavy atom. The number of rotatable bonds is 5. The minimum absolute atomic E-state index is 0. The van der Waals surface area contributed by atoms with Crippen molar-refractivity contribution in [3.63, 3.8) is 0 Å². The smallest absolute Gasteiger partial charge is 0.0728 e. The standard InChI is InChI=1S/C11H16BrNO.ClH/c1-2-10(13)8-14-7-9-5-3-4-6-11(9)12;/h3-6,10H,2,7-8,13H2,1H3;1H. The first-order chi connectivity index (χ1) is 6.74. The molecule has 0 fully saturated rings. The van der Waals surface area contributed by atoms with Crippen LogP contribution in [0.1, 0.15) is 18.9 Å². The van der Waals surface area contributed by atoms with Crippen LogP contribution in [0.4, 0.5) is 0 Å². The van der Waals surface area contributed by atoms with Gasteiger partial charge in [-0.1, -0.05) is 41.1 Å². The molecule has 2 N–H and O–H groups in total. The first kappa shape index (κ1) is 14.9. The molecule has 1 aromatic carbocycles. The second-order valence-electron chi connectivity index (χ2n) is 3.27. The molecule has 0 amide bonds. The largest absolute Gasteiger partial charge is 0.375 e. The van der Waals surface area contributed by atoms with Crippen LogP contribution in [0, 0.1) is 0 Å². The molecule has 2 nitrogen and oxygen atoms in total. The molecule has 0 saturated heterocycles. The Labute approximate surface area is 106 Å². The van der Waals surface area contributed by atoms with Crippen LogP contribution in [0.2, 0.25) is 0 Å². The summed E-state index contributed by atoms with van der Waals surface area (Å²) < 4.78 is 6.59. The molecule has 1 aromatic rings. The molecule has 1 atom stereocenters. The summed E-state index contributed by atoms with van der Waals surface area (Å²) >= 11 is 3.47. The summed E-state index contributed by atoms with van der Waals surface area (Å²) in [5.74, 6) is 0. The Balaban J connectivity index is 0.00000196. The Morgan fingerprint density at radius 1 is 1.40 bits per heavy atom. The van der Waals surface area contributed by atoms with Crippen molar-refractivity contribution in [1.29, 1.82) is 0 Å². The third kappa shape index (κ3) is 5.52. The lowest BCUT2D eigenvalue weighted by atomic mass is 10.2. The molecule has 0 bridgehead atoms. The van der Waals surface area contributed by atoms with Crippen LogP contribution in [-0.2, 0) is 11.3 Å². The number of halogens is 2. The van der Waals surface area contributed by atoms with Gasteiger partial charge in [-0.3, -0.25) is 0 Å². The van der Waals surface area contributed by atoms with Gasteiger partial charge in [-0.15, -0.1) is 12.4 Å². The third-order valence-corrected chi connectivity index (χ3v) is 2.85. The molecule has 0 aliphatic heterocycles. The van der Waals surface area contributed by atoms with Crippen molar-refractivity contribution in [3.05, 3.63) is 34.3 Å². The molecule has 0 heterocycles. The normalized spacial score (nSPS) is 11.9. The number of ether oxygens (including phenoxy) is 1. The zero-order chi connectivity index (χ0) is 10.4. The maximum Gasteiger partial charge on any atom is 0.0728 e. The minimum atomic E-state index is 0. The van der Waals surface area contributed by atoms with Crippen LogP contribution in [0.5, 0.6) is 0 Å². The van der Waals surface area contributed by atoms with Gasteiger partial charge in [0, 0.05) is 10.5 Å². The number of benzene rings is 1. The van der Waals surface area contributed by atoms with E-state index in [9.17, 15) is 0 Å². The molecule has 1 unspecified atom stereocenters. The summed E-state index contributed by atoms with van der Waals surface area (Å²) in [6.07, 6.45) is 0.954. The first-order valence-electron chi connectivity index (χ1n) is 4.80. The second-order valence-corrected chi connectivity index (χ2v) is 4.13. The zero-order valence-corrected chi connectivity index (χ0v) is 11.2. The lowest BCUT2D eigenvalue weighted by Gasteiger charge is -2.10. The highest BCUT2D eigenvalue weighted by Crippen LogP contribution is 2.16. The van der Waals surface area contributed by atoms with Crippen molar-refractivity contribution in [1.82, 2.24) is 0 Å². The van der Waals surface area contributed by atoms with Gasteiger partial charge in [-0.2, -0.15) is 0 Å². The van der Waals surface area contributed by atoms with Crippen molar-refractivity contribution < 1.29 is 4.74 Å². The van der Waals surface area contributed by atoms with Gasteiger partial charge in [-0.05, 0) is 18.1 Å². The van der Waals surface area contributed by atoms with E-state index in [1.165, 1.54) is 0 Å². The Kier molecular flexibility index (Phi) is 8.06. The highest BCUT2D eigenvalue weighted by Gasteiger charge is 2.01. The molecule has 4 heteroatoms. The van der Waals surface area contributed by atoms with Gasteiger partial charge in [0.15, 0.2) is 0 Å². The summed E-state index contributed by atoms with van der Waals surface area (Å²) in [6.45, 7) is 3.30. The van der Waals surface area contributed by atoms with E-state index in [1.807, 2.05) is 24.3 Å². The second kappa shape index (κ2) is 8.11. The minimum Gasteiger partial charge on any atom is -0.375 e. The van der Waals surface area contributed by atoms with Gasteiger partial charge < -0.3 is 10.5 Å². The van der Waals surface area contributed by atoms with E-state index in [4.69, 9.17) is 10.5 Å². The summed E-state index contributed by atoms with van der Waals surface area (Å²) in [6, 6.07) is 8.20. The molecule has 15 heavy (non-hydrogen) atoms. The maximum atomic E-state index is 5.74. The topological polar surface area (TPSA) is 35.2 Å². The van der Waals surface area contributed by atoms with Gasteiger partial charge in [0.1, 0.15) is 0 Å². The van der Waals surface area contributed by atoms with Gasteiger partial charge >= 0.3 is 0 Å². The predicted molar refractivity (Wildman–Crippen MR) is 69.3 cm³/mol. The van der Waals surface area contributed by atoms with Gasteiger partial charge in [0.25, 0.3) is 0 Å². The summed E-state index contributed by atoms with van der Waals surface area (Å²) in [5.41, 5.74) is 6.90. The van der Waals surface area contributed by atoms with Crippen LogP contribution in [0.25, 0.3) is 0 Å². The van der Waals surface area contributed by atoms with E-state index in [-0.39, 0.29) is 18.4 Å². The fraction of sp³-hybridized carbons (Fsp3) is 0.455. The molecule has 1 rings (SSSR count). The van der Waals surface area contributed by atoms with E-state index in [1.54, 1.807) is 0 Å². The zero-order valence-electron chi connectivity index (χ0n) is 8.78. The van der Waals surface area contributed by atoms with Crippen molar-refractivity contribution in [2.75, 3.05) is 6.61 Å². The molecular formula is C11H17BrClNO. The van der Waals surface area contributed by atoms with Crippen LogP contribution >= 0.6 is 28.3 Å². The lowest BCUT2D eigenvalue weighted by molar-refractivity contribution is 0.106. The fourth-order valence-corrected chi connectivity index (χ4v) is 1.45. The van der Waals surface area contributed by atoms with E-state index >= 15 is 0 Å². The molecular weight excluding hydrogens is 277 g/mol. The van der Waals surface area contributed by atoms with Crippen molar-refractivity contribution >= 4 is 28.3 Å². The summed E-state index contributed by atoms with van der Waals surface area (Å²) in [7, 11) is 0. The predicted octanol–water partition coefficient (Wildman–Crippen LogP) is 3.12. The van der Waals surface area contributed by atoms with Crippen molar-refractivity contribution in [2.24, 2.45) is 5.73 Å². The molecule has 0 spiro atoms. The molecule has 0 saturated carbocycles. The Bertz CT molecular complexity index is 283. The van der Waals surface area contributed by atoms with Crippen LogP contribution < -0.4 is 5.73 Å². The van der Waals surface area contributed by atoms with Crippen molar-refractivity contribution in [3.8, 4) is 0 Å². The highest BCUT2D eigenvalue weighted by atomic mass is 79.9. The summed E-state index contributed by atoms with van der Waals surface area (Å²) in [5, 5.41) is 0. The third-order valence-electron chi connectivity index (χ3n) is 2.07. The number of hydrogen-bond donors (Lipinski definition) is 1. The Hall–Kier alpha value is -0.0900. The SMILES string of the molecule is CCC(N)COCc1ccccc1Br.Cl. The maximum absolute atomic E-state index is 5.74. The number of nitrogens with two attached hydrogens (primary N) is 1. The van der Waals surface area contributed by atoms with Crippen molar-refractivity contribution in [2.45, 2.75) is 26.0 Å². The highest BCUT2D eigenvalue weighted by molar-refractivity contribution is 9.10. The first-order valence-corrected chi connectivity index (χ1v) is 5.60. The molecule has 0 radical (unpaired) electrons. The van der Waals surface area contributed by atoms with Crippen LogP contribution in [0.15, 0.2) is 28.7 Å². The molecule has 0 aromatic heterocycles. The average molecular weight is 295 g/mol. The lowest BCUT2D eigenvalue weighted by Crippen LogP contribution is -2.24. The molecule has 0 aliphatic rings. The molecule has 0 aliphatic carbocycles. The van der Waals surface area contributed by atoms with Gasteiger partial charge in [0.2, 0.25) is 0 Å². The quantitative estimate of drug-likeness (QED) is 0.905. The van der Waals surface area contributed by atoms with Gasteiger partial charge in [-0.25, -0.2) is 0 Å². The Morgan fingerprint density at radius 2 is 2.07 bits per heavy atom. The van der Waals surface area contributed by atoms with Crippen LogP contribution in [-0.4, -0.2) is 12.6 Å². The van der Waals surface area contributed by atoms with E-state index in [2.05, 4.69) is 22.9 Å². The van der Waals surface area contributed by atoms with E-state index < -0.39 is 0 Å². The fourth-order valence-electron chi connectivity index (χ4n) is 1.05. The van der Waals surface area contributed by atoms with Crippen LogP contribution in [0.3, 0.4) is 0 Å². The monoisotopic (exact) mass is 293 g/mol. The summed E-state index contributed by atoms with van der Waals surface area (Å²) in [4.78, 5) is 0. The molecule has 86 valence electrons.